The molecule has 1 aliphatic carbocycles. The summed E-state index contributed by atoms with van der Waals surface area (Å²) in [6.45, 7) is 4.02. The Bertz CT molecular complexity index is 1020. The molecule has 162 valence electrons. The van der Waals surface area contributed by atoms with Crippen LogP contribution in [-0.4, -0.2) is 40.9 Å². The van der Waals surface area contributed by atoms with Gasteiger partial charge in [-0.25, -0.2) is 4.98 Å². The van der Waals surface area contributed by atoms with Crippen LogP contribution in [0, 0.1) is 5.41 Å². The summed E-state index contributed by atoms with van der Waals surface area (Å²) in [6.07, 6.45) is 3.06. The minimum Gasteiger partial charge on any atom is -0.494 e. The number of H-pyrrole nitrogens is 1. The van der Waals surface area contributed by atoms with Gasteiger partial charge in [-0.2, -0.15) is 13.2 Å². The number of ether oxygens (including phenoxy) is 2. The Hall–Kier alpha value is -2.68. The van der Waals surface area contributed by atoms with E-state index in [4.69, 9.17) is 21.1 Å². The first-order valence-corrected chi connectivity index (χ1v) is 9.48. The predicted octanol–water partition coefficient (Wildman–Crippen LogP) is 4.07. The Balaban J connectivity index is 2.13. The van der Waals surface area contributed by atoms with Crippen LogP contribution in [0.25, 0.3) is 5.70 Å². The molecule has 1 N–H and O–H groups in total. The van der Waals surface area contributed by atoms with E-state index in [0.717, 1.165) is 0 Å². The maximum atomic E-state index is 13.8. The van der Waals surface area contributed by atoms with Crippen molar-refractivity contribution in [3.05, 3.63) is 63.8 Å². The number of halogens is 4. The number of rotatable bonds is 4. The van der Waals surface area contributed by atoms with E-state index >= 15 is 0 Å². The van der Waals surface area contributed by atoms with E-state index in [1.807, 2.05) is 0 Å². The Morgan fingerprint density at radius 2 is 2.03 bits per heavy atom. The van der Waals surface area contributed by atoms with E-state index in [1.54, 1.807) is 50.1 Å². The van der Waals surface area contributed by atoms with Gasteiger partial charge in [-0.1, -0.05) is 26.0 Å². The highest BCUT2D eigenvalue weighted by molar-refractivity contribution is 6.22. The number of aromatic nitrogens is 2. The molecule has 2 heterocycles. The van der Waals surface area contributed by atoms with Crippen LogP contribution in [0.2, 0.25) is 0 Å². The second kappa shape index (κ2) is 7.86. The molecule has 0 bridgehead atoms. The van der Waals surface area contributed by atoms with E-state index in [9.17, 15) is 18.0 Å². The van der Waals surface area contributed by atoms with Crippen molar-refractivity contribution in [2.24, 2.45) is 5.41 Å². The van der Waals surface area contributed by atoms with Gasteiger partial charge in [0.25, 0.3) is 5.56 Å². The third-order valence-corrected chi connectivity index (χ3v) is 5.44. The molecule has 0 spiro atoms. The smallest absolute Gasteiger partial charge is 0.437 e. The van der Waals surface area contributed by atoms with Crippen LogP contribution in [-0.2, 0) is 10.9 Å². The number of aromatic amines is 1. The van der Waals surface area contributed by atoms with Crippen molar-refractivity contribution >= 4 is 17.3 Å². The molecule has 0 amide bonds. The van der Waals surface area contributed by atoms with Gasteiger partial charge in [0.15, 0.2) is 11.5 Å². The molecule has 0 saturated heterocycles. The summed E-state index contributed by atoms with van der Waals surface area (Å²) in [7, 11) is 3.03. The van der Waals surface area contributed by atoms with Crippen LogP contribution in [0.5, 0.6) is 5.75 Å². The van der Waals surface area contributed by atoms with Crippen LogP contribution in [0.15, 0.2) is 46.7 Å². The molecular weight excluding hydrogens is 423 g/mol. The molecule has 0 fully saturated rings. The standard InChI is InChI=1S/C20H21ClF3N3O3/c1-19(2)10-11(7-8-13(19)21)30-15-16(20(22,23)24)25-17(26-18(15)28)14-12(29-4)6-5-9-27(14)3/h5-8,10,13H,9H2,1-4H3,(H,25,26,28). The second-order valence-electron chi connectivity index (χ2n) is 7.52. The number of methoxy groups -OCH3 is 1. The van der Waals surface area contributed by atoms with E-state index in [2.05, 4.69) is 9.97 Å². The van der Waals surface area contributed by atoms with E-state index in [-0.39, 0.29) is 28.4 Å². The highest BCUT2D eigenvalue weighted by Gasteiger charge is 2.40. The predicted molar refractivity (Wildman–Crippen MR) is 107 cm³/mol. The van der Waals surface area contributed by atoms with Crippen LogP contribution in [0.3, 0.4) is 0 Å². The quantitative estimate of drug-likeness (QED) is 0.710. The molecule has 3 rings (SSSR count). The molecule has 0 aromatic carbocycles. The summed E-state index contributed by atoms with van der Waals surface area (Å²) >= 11 is 6.19. The van der Waals surface area contributed by atoms with E-state index < -0.39 is 28.6 Å². The van der Waals surface area contributed by atoms with Crippen molar-refractivity contribution in [3.63, 3.8) is 0 Å². The number of hydrogen-bond acceptors (Lipinski definition) is 5. The minimum absolute atomic E-state index is 0.0805. The first kappa shape index (κ1) is 22.0. The van der Waals surface area contributed by atoms with Crippen molar-refractivity contribution in [3.8, 4) is 5.75 Å². The number of hydrogen-bond donors (Lipinski definition) is 1. The van der Waals surface area contributed by atoms with E-state index in [1.165, 1.54) is 13.2 Å². The van der Waals surface area contributed by atoms with Crippen LogP contribution >= 0.6 is 11.6 Å². The maximum Gasteiger partial charge on any atom is 0.437 e. The van der Waals surface area contributed by atoms with Gasteiger partial charge in [0.1, 0.15) is 17.2 Å². The fourth-order valence-electron chi connectivity index (χ4n) is 3.10. The van der Waals surface area contributed by atoms with Gasteiger partial charge < -0.3 is 19.4 Å². The minimum atomic E-state index is -4.92. The Kier molecular flexibility index (Phi) is 5.77. The molecular formula is C20H21ClF3N3O3. The monoisotopic (exact) mass is 443 g/mol. The highest BCUT2D eigenvalue weighted by atomic mass is 35.5. The molecule has 1 atom stereocenters. The molecule has 30 heavy (non-hydrogen) atoms. The molecule has 0 radical (unpaired) electrons. The summed E-state index contributed by atoms with van der Waals surface area (Å²) in [6, 6.07) is 0. The van der Waals surface area contributed by atoms with Gasteiger partial charge in [-0.3, -0.25) is 4.79 Å². The fraction of sp³-hybridized carbons (Fsp3) is 0.400. The SMILES string of the molecule is COC1=C(c2nc(C(F)(F)F)c(OC3=CC(C)(C)C(Cl)C=C3)c(=O)[nH]2)N(C)CC=C1. The molecule has 1 aromatic rings. The van der Waals surface area contributed by atoms with Crippen molar-refractivity contribution in [2.75, 3.05) is 20.7 Å². The summed E-state index contributed by atoms with van der Waals surface area (Å²) in [5, 5.41) is -0.361. The second-order valence-corrected chi connectivity index (χ2v) is 7.99. The average Bonchev–Trinajstić information content (AvgIpc) is 2.64. The van der Waals surface area contributed by atoms with Crippen LogP contribution in [0.4, 0.5) is 13.2 Å². The summed E-state index contributed by atoms with van der Waals surface area (Å²) < 4.78 is 52.0. The Morgan fingerprint density at radius 3 is 2.63 bits per heavy atom. The number of nitrogens with one attached hydrogen (secondary N) is 1. The Labute approximate surface area is 176 Å². The van der Waals surface area contributed by atoms with Crippen molar-refractivity contribution in [2.45, 2.75) is 25.4 Å². The molecule has 1 aliphatic heterocycles. The fourth-order valence-corrected chi connectivity index (χ4v) is 3.24. The first-order chi connectivity index (χ1) is 13.9. The summed E-state index contributed by atoms with van der Waals surface area (Å²) in [4.78, 5) is 20.4. The topological polar surface area (TPSA) is 67.5 Å². The molecule has 0 saturated carbocycles. The zero-order chi connectivity index (χ0) is 22.3. The largest absolute Gasteiger partial charge is 0.494 e. The normalized spacial score (nSPS) is 21.0. The van der Waals surface area contributed by atoms with Gasteiger partial charge in [-0.05, 0) is 18.2 Å². The van der Waals surface area contributed by atoms with Crippen molar-refractivity contribution in [1.29, 1.82) is 0 Å². The molecule has 6 nitrogen and oxygen atoms in total. The van der Waals surface area contributed by atoms with Gasteiger partial charge in [0, 0.05) is 19.0 Å². The number of alkyl halides is 4. The number of likely N-dealkylation sites (N-methyl/N-ethyl adjacent to an activating group) is 1. The lowest BCUT2D eigenvalue weighted by Gasteiger charge is -2.28. The lowest BCUT2D eigenvalue weighted by Crippen LogP contribution is -2.29. The van der Waals surface area contributed by atoms with Gasteiger partial charge in [-0.15, -0.1) is 11.6 Å². The molecule has 2 aliphatic rings. The molecule has 1 aromatic heterocycles. The maximum absolute atomic E-state index is 13.8. The number of allylic oxidation sites excluding steroid dienone is 4. The first-order valence-electron chi connectivity index (χ1n) is 9.05. The van der Waals surface area contributed by atoms with Gasteiger partial charge in [0.05, 0.1) is 12.5 Å². The number of nitrogens with zero attached hydrogens (tertiary/aromatic N) is 2. The highest BCUT2D eigenvalue weighted by Crippen LogP contribution is 2.37. The van der Waals surface area contributed by atoms with Crippen molar-refractivity contribution in [1.82, 2.24) is 14.9 Å². The molecule has 10 heteroatoms. The average molecular weight is 444 g/mol. The lowest BCUT2D eigenvalue weighted by atomic mass is 9.85. The molecule has 1 unspecified atom stereocenters. The van der Waals surface area contributed by atoms with Crippen molar-refractivity contribution < 1.29 is 22.6 Å². The summed E-state index contributed by atoms with van der Waals surface area (Å²) in [5.41, 5.74) is -2.82. The van der Waals surface area contributed by atoms with Crippen LogP contribution < -0.4 is 10.3 Å². The van der Waals surface area contributed by atoms with Crippen LogP contribution in [0.1, 0.15) is 25.4 Å². The summed E-state index contributed by atoms with van der Waals surface area (Å²) in [5.74, 6) is -0.837. The third kappa shape index (κ3) is 4.26. The zero-order valence-corrected chi connectivity index (χ0v) is 17.6. The van der Waals surface area contributed by atoms with Gasteiger partial charge >= 0.3 is 6.18 Å². The Morgan fingerprint density at radius 1 is 1.33 bits per heavy atom. The third-order valence-electron chi connectivity index (χ3n) is 4.73. The lowest BCUT2D eigenvalue weighted by molar-refractivity contribution is -0.142. The van der Waals surface area contributed by atoms with E-state index in [0.29, 0.717) is 6.54 Å². The van der Waals surface area contributed by atoms with Gasteiger partial charge in [0.2, 0.25) is 5.75 Å². The zero-order valence-electron chi connectivity index (χ0n) is 16.8.